The highest BCUT2D eigenvalue weighted by atomic mass is 19.1. The summed E-state index contributed by atoms with van der Waals surface area (Å²) < 4.78 is 20.5. The van der Waals surface area contributed by atoms with E-state index in [1.165, 1.54) is 12.1 Å². The highest BCUT2D eigenvalue weighted by molar-refractivity contribution is 5.89. The van der Waals surface area contributed by atoms with E-state index in [0.717, 1.165) is 16.8 Å². The van der Waals surface area contributed by atoms with Crippen LogP contribution in [0.25, 0.3) is 16.9 Å². The molecule has 2 heterocycles. The molecule has 0 aliphatic carbocycles. The fraction of sp³-hybridized carbons (Fsp3) is 0.167. The summed E-state index contributed by atoms with van der Waals surface area (Å²) in [6, 6.07) is 13.5. The van der Waals surface area contributed by atoms with Crippen LogP contribution in [-0.2, 0) is 4.79 Å². The van der Waals surface area contributed by atoms with E-state index >= 15 is 0 Å². The number of carboxylic acid groups (broad SMARTS) is 1. The fourth-order valence-corrected chi connectivity index (χ4v) is 3.56. The lowest BCUT2D eigenvalue weighted by molar-refractivity contribution is -0.133. The molecule has 1 aromatic heterocycles. The molecule has 4 rings (SSSR count). The van der Waals surface area contributed by atoms with E-state index in [4.69, 9.17) is 9.84 Å². The number of aromatic nitrogens is 2. The van der Waals surface area contributed by atoms with Gasteiger partial charge in [0.15, 0.2) is 0 Å². The zero-order valence-corrected chi connectivity index (χ0v) is 17.9. The molecule has 3 aromatic rings. The van der Waals surface area contributed by atoms with Gasteiger partial charge in [-0.25, -0.2) is 13.9 Å². The molecule has 0 bridgehead atoms. The smallest absolute Gasteiger partial charge is 0.335 e. The summed E-state index contributed by atoms with van der Waals surface area (Å²) >= 11 is 0. The van der Waals surface area contributed by atoms with Gasteiger partial charge in [-0.1, -0.05) is 6.07 Å². The molecule has 164 valence electrons. The number of benzene rings is 2. The van der Waals surface area contributed by atoms with Gasteiger partial charge in [0.25, 0.3) is 0 Å². The highest BCUT2D eigenvalue weighted by Gasteiger charge is 2.27. The maximum absolute atomic E-state index is 13.4. The number of rotatable bonds is 6. The third-order valence-electron chi connectivity index (χ3n) is 5.32. The van der Waals surface area contributed by atoms with Crippen LogP contribution in [0.2, 0.25) is 0 Å². The first-order valence-corrected chi connectivity index (χ1v) is 9.98. The average Bonchev–Trinajstić information content (AvgIpc) is 3.19. The second kappa shape index (κ2) is 8.58. The van der Waals surface area contributed by atoms with Crippen molar-refractivity contribution in [3.63, 3.8) is 0 Å². The molecule has 8 heteroatoms. The van der Waals surface area contributed by atoms with Crippen molar-refractivity contribution >= 4 is 11.8 Å². The van der Waals surface area contributed by atoms with E-state index in [-0.39, 0.29) is 11.4 Å². The zero-order valence-electron chi connectivity index (χ0n) is 17.9. The van der Waals surface area contributed by atoms with E-state index in [0.29, 0.717) is 17.3 Å². The number of hydrogen-bond donors (Lipinski definition) is 2. The number of allylic oxidation sites excluding steroid dienone is 2. The Morgan fingerprint density at radius 3 is 2.62 bits per heavy atom. The topological polar surface area (TPSA) is 79.6 Å². The maximum Gasteiger partial charge on any atom is 0.335 e. The summed E-state index contributed by atoms with van der Waals surface area (Å²) in [5.41, 5.74) is 3.28. The quantitative estimate of drug-likeness (QED) is 0.605. The number of carbonyl (C=O) groups is 1. The minimum absolute atomic E-state index is 0.202. The van der Waals surface area contributed by atoms with Crippen molar-refractivity contribution in [2.24, 2.45) is 0 Å². The Bertz CT molecular complexity index is 1210. The number of aryl methyl sites for hydroxylation is 1. The van der Waals surface area contributed by atoms with Crippen molar-refractivity contribution in [2.75, 3.05) is 19.5 Å². The highest BCUT2D eigenvalue weighted by Crippen LogP contribution is 2.30. The van der Waals surface area contributed by atoms with Gasteiger partial charge in [0.2, 0.25) is 0 Å². The summed E-state index contributed by atoms with van der Waals surface area (Å²) in [7, 11) is 3.39. The number of anilines is 1. The molecular weight excluding hydrogens is 411 g/mol. The van der Waals surface area contributed by atoms with Crippen LogP contribution in [0.4, 0.5) is 10.2 Å². The van der Waals surface area contributed by atoms with Gasteiger partial charge in [-0.2, -0.15) is 5.10 Å². The molecule has 1 aliphatic rings. The summed E-state index contributed by atoms with van der Waals surface area (Å²) in [4.78, 5) is 13.6. The van der Waals surface area contributed by atoms with Crippen LogP contribution in [0, 0.1) is 12.7 Å². The summed E-state index contributed by atoms with van der Waals surface area (Å²) in [6.07, 6.45) is 4.44. The number of hydrogen-bond acceptors (Lipinski definition) is 5. The molecule has 7 nitrogen and oxygen atoms in total. The lowest BCUT2D eigenvalue weighted by Gasteiger charge is -2.31. The van der Waals surface area contributed by atoms with Gasteiger partial charge in [0.1, 0.15) is 23.6 Å². The lowest BCUT2D eigenvalue weighted by Crippen LogP contribution is -2.40. The monoisotopic (exact) mass is 434 g/mol. The summed E-state index contributed by atoms with van der Waals surface area (Å²) in [5.74, 6) is -0.0951. The fourth-order valence-electron chi connectivity index (χ4n) is 3.56. The molecule has 1 atom stereocenters. The number of carboxylic acids is 1. The van der Waals surface area contributed by atoms with Crippen molar-refractivity contribution in [3.8, 4) is 22.7 Å². The first-order chi connectivity index (χ1) is 15.4. The predicted octanol–water partition coefficient (Wildman–Crippen LogP) is 4.20. The Hall–Kier alpha value is -4.07. The molecule has 0 radical (unpaired) electrons. The number of methoxy groups -OCH3 is 1. The number of likely N-dealkylation sites (N-methyl/N-ethyl adjacent to an activating group) is 1. The van der Waals surface area contributed by atoms with Crippen molar-refractivity contribution < 1.29 is 19.0 Å². The van der Waals surface area contributed by atoms with Crippen LogP contribution in [0.3, 0.4) is 0 Å². The third kappa shape index (κ3) is 4.07. The zero-order chi connectivity index (χ0) is 22.8. The first-order valence-electron chi connectivity index (χ1n) is 9.98. The second-order valence-electron chi connectivity index (χ2n) is 7.47. The molecule has 0 saturated carbocycles. The Morgan fingerprint density at radius 1 is 1.19 bits per heavy atom. The molecular formula is C24H23FN4O3. The predicted molar refractivity (Wildman–Crippen MR) is 120 cm³/mol. The van der Waals surface area contributed by atoms with E-state index in [2.05, 4.69) is 5.32 Å². The first kappa shape index (κ1) is 21.2. The number of ether oxygens (including phenoxy) is 1. The molecule has 2 N–H and O–H groups in total. The largest absolute Gasteiger partial charge is 0.497 e. The van der Waals surface area contributed by atoms with Crippen molar-refractivity contribution in [3.05, 3.63) is 83.8 Å². The molecule has 1 unspecified atom stereocenters. The summed E-state index contributed by atoms with van der Waals surface area (Å²) in [6.45, 7) is 1.95. The third-order valence-corrected chi connectivity index (χ3v) is 5.32. The molecule has 32 heavy (non-hydrogen) atoms. The van der Waals surface area contributed by atoms with E-state index in [1.54, 1.807) is 54.2 Å². The van der Waals surface area contributed by atoms with Crippen LogP contribution < -0.4 is 10.1 Å². The standard InChI is InChI=1S/C24H23FN4O3/c1-15-6-11-18(32-3)13-21(15)29-22(14-20(27-29)16-7-9-17(25)10-8-16)26-23-19(24(30)31)5-4-12-28(23)2/h4-14,23,26H,1-3H3,(H,30,31). The van der Waals surface area contributed by atoms with Crippen LogP contribution in [0.1, 0.15) is 5.56 Å². The number of nitrogens with zero attached hydrogens (tertiary/aromatic N) is 3. The Morgan fingerprint density at radius 2 is 1.94 bits per heavy atom. The number of aliphatic carboxylic acids is 1. The molecule has 0 spiro atoms. The SMILES string of the molecule is COc1ccc(C)c(-n2nc(-c3ccc(F)cc3)cc2NC2C(C(=O)O)=CC=CN2C)c1. The number of halogens is 1. The lowest BCUT2D eigenvalue weighted by atomic mass is 10.1. The van der Waals surface area contributed by atoms with Crippen LogP contribution in [-0.4, -0.2) is 46.1 Å². The minimum Gasteiger partial charge on any atom is -0.497 e. The van der Waals surface area contributed by atoms with Gasteiger partial charge in [-0.05, 0) is 55.0 Å². The van der Waals surface area contributed by atoms with Crippen molar-refractivity contribution in [1.29, 1.82) is 0 Å². The molecule has 0 fully saturated rings. The van der Waals surface area contributed by atoms with E-state index in [9.17, 15) is 14.3 Å². The van der Waals surface area contributed by atoms with E-state index < -0.39 is 12.1 Å². The number of nitrogens with one attached hydrogen (secondary N) is 1. The van der Waals surface area contributed by atoms with Gasteiger partial charge in [-0.3, -0.25) is 0 Å². The normalized spacial score (nSPS) is 15.4. The molecule has 0 saturated heterocycles. The van der Waals surface area contributed by atoms with Gasteiger partial charge in [-0.15, -0.1) is 0 Å². The Kier molecular flexibility index (Phi) is 5.68. The van der Waals surface area contributed by atoms with Gasteiger partial charge in [0.05, 0.1) is 24.1 Å². The van der Waals surface area contributed by atoms with Crippen LogP contribution in [0.5, 0.6) is 5.75 Å². The van der Waals surface area contributed by atoms with Gasteiger partial charge < -0.3 is 20.1 Å². The molecule has 2 aromatic carbocycles. The summed E-state index contributed by atoms with van der Waals surface area (Å²) in [5, 5.41) is 17.7. The average molecular weight is 434 g/mol. The van der Waals surface area contributed by atoms with Crippen molar-refractivity contribution in [1.82, 2.24) is 14.7 Å². The van der Waals surface area contributed by atoms with Crippen LogP contribution in [0.15, 0.2) is 72.5 Å². The molecule has 0 amide bonds. The Balaban J connectivity index is 1.83. The van der Waals surface area contributed by atoms with Crippen molar-refractivity contribution in [2.45, 2.75) is 13.1 Å². The maximum atomic E-state index is 13.4. The minimum atomic E-state index is -1.01. The van der Waals surface area contributed by atoms with E-state index in [1.807, 2.05) is 31.2 Å². The Labute approximate surface area is 185 Å². The van der Waals surface area contributed by atoms with Gasteiger partial charge in [0, 0.05) is 30.9 Å². The van der Waals surface area contributed by atoms with Gasteiger partial charge >= 0.3 is 5.97 Å². The van der Waals surface area contributed by atoms with Crippen LogP contribution >= 0.6 is 0 Å². The molecule has 1 aliphatic heterocycles. The second-order valence-corrected chi connectivity index (χ2v) is 7.47.